The molecule has 0 aliphatic heterocycles. The third-order valence-corrected chi connectivity index (χ3v) is 13.2. The Balaban J connectivity index is 4.82. The van der Waals surface area contributed by atoms with Gasteiger partial charge in [-0.3, -0.25) is 23.4 Å². The number of aliphatic hydroxyl groups is 1. The van der Waals surface area contributed by atoms with Crippen LogP contribution in [-0.2, 0) is 42.2 Å². The van der Waals surface area contributed by atoms with Crippen molar-refractivity contribution < 1.29 is 52.2 Å². The molecule has 12 heteroatoms. The van der Waals surface area contributed by atoms with Crippen molar-refractivity contribution in [3.8, 4) is 0 Å². The third kappa shape index (κ3) is 53.5. The molecule has 0 bridgehead atoms. The monoisotopic (exact) mass is 1060 g/mol. The van der Waals surface area contributed by atoms with Crippen molar-refractivity contribution in [3.63, 3.8) is 0 Å². The van der Waals surface area contributed by atoms with Crippen molar-refractivity contribution in [2.45, 2.75) is 264 Å². The van der Waals surface area contributed by atoms with E-state index in [9.17, 15) is 28.9 Å². The van der Waals surface area contributed by atoms with Gasteiger partial charge in [-0.1, -0.05) is 209 Å². The van der Waals surface area contributed by atoms with Gasteiger partial charge in [0.2, 0.25) is 0 Å². The molecule has 0 radical (unpaired) electrons. The van der Waals surface area contributed by atoms with Crippen molar-refractivity contribution in [3.05, 3.63) is 85.1 Å². The lowest BCUT2D eigenvalue weighted by Crippen LogP contribution is -2.30. The summed E-state index contributed by atoms with van der Waals surface area (Å²) in [5.41, 5.74) is 0. The van der Waals surface area contributed by atoms with E-state index in [-0.39, 0.29) is 25.9 Å². The summed E-state index contributed by atoms with van der Waals surface area (Å²) in [6.45, 7) is 4.44. The highest BCUT2D eigenvalue weighted by Crippen LogP contribution is 2.43. The Morgan fingerprint density at radius 1 is 0.392 bits per heavy atom. The molecule has 0 aromatic heterocycles. The summed E-state index contributed by atoms with van der Waals surface area (Å²) in [6, 6.07) is 0. The lowest BCUT2D eigenvalue weighted by molar-refractivity contribution is -0.161. The maximum absolute atomic E-state index is 12.9. The van der Waals surface area contributed by atoms with Crippen LogP contribution in [0.15, 0.2) is 85.1 Å². The molecule has 0 heterocycles. The average Bonchev–Trinajstić information content (AvgIpc) is 3.39. The third-order valence-electron chi connectivity index (χ3n) is 12.3. The average molecular weight is 1060 g/mol. The van der Waals surface area contributed by atoms with Crippen LogP contribution in [0.25, 0.3) is 0 Å². The highest BCUT2D eigenvalue weighted by Gasteiger charge is 2.28. The highest BCUT2D eigenvalue weighted by molar-refractivity contribution is 7.47. The number of ether oxygens (including phenoxy) is 3. The predicted molar refractivity (Wildman–Crippen MR) is 307 cm³/mol. The molecule has 0 aliphatic rings. The Hall–Kier alpha value is -3.34. The Labute approximate surface area is 451 Å². The minimum absolute atomic E-state index is 0.0858. The molecule has 0 fully saturated rings. The second-order valence-electron chi connectivity index (χ2n) is 19.4. The van der Waals surface area contributed by atoms with Crippen molar-refractivity contribution in [2.75, 3.05) is 26.4 Å². The first kappa shape index (κ1) is 70.7. The van der Waals surface area contributed by atoms with Crippen LogP contribution < -0.4 is 0 Å². The van der Waals surface area contributed by atoms with Crippen LogP contribution in [0.1, 0.15) is 252 Å². The van der Waals surface area contributed by atoms with Gasteiger partial charge in [0.1, 0.15) is 12.7 Å². The maximum atomic E-state index is 12.9. The van der Waals surface area contributed by atoms with E-state index < -0.39 is 57.8 Å². The van der Waals surface area contributed by atoms with Crippen LogP contribution in [0, 0.1) is 0 Å². The zero-order valence-electron chi connectivity index (χ0n) is 47.0. The minimum atomic E-state index is -4.77. The summed E-state index contributed by atoms with van der Waals surface area (Å²) in [5, 5.41) is 9.81. The molecule has 0 rings (SSSR count). The molecular formula is C62H107O11P. The van der Waals surface area contributed by atoms with Crippen LogP contribution >= 0.6 is 7.82 Å². The van der Waals surface area contributed by atoms with Crippen molar-refractivity contribution in [1.82, 2.24) is 0 Å². The Morgan fingerprint density at radius 2 is 0.716 bits per heavy atom. The lowest BCUT2D eigenvalue weighted by Gasteiger charge is -2.21. The van der Waals surface area contributed by atoms with E-state index in [4.69, 9.17) is 23.3 Å². The summed E-state index contributed by atoms with van der Waals surface area (Å²) in [4.78, 5) is 48.5. The number of allylic oxidation sites excluding steroid dienone is 14. The fourth-order valence-electron chi connectivity index (χ4n) is 7.79. The number of phosphoric ester groups is 1. The molecular weight excluding hydrogens is 952 g/mol. The highest BCUT2D eigenvalue weighted by atomic mass is 31.2. The Bertz CT molecular complexity index is 1560. The number of carbonyl (C=O) groups excluding carboxylic acids is 3. The zero-order valence-corrected chi connectivity index (χ0v) is 47.9. The van der Waals surface area contributed by atoms with Gasteiger partial charge in [0.15, 0.2) is 6.10 Å². The van der Waals surface area contributed by atoms with Gasteiger partial charge in [0.25, 0.3) is 0 Å². The van der Waals surface area contributed by atoms with Gasteiger partial charge in [-0.05, 0) is 109 Å². The van der Waals surface area contributed by atoms with Crippen molar-refractivity contribution in [1.29, 1.82) is 0 Å². The SMILES string of the molecule is CC/C=C\C/C=C\C/C=C\C/C=C\C/C=C\CCCC(=O)OC(COC(=O)CCCCCCCCC/C=C\CCCCCCCC)COP(=O)(O)OCC(CO)OC(=O)CCCCCCC/C=C\CCCCCC. The number of aliphatic hydroxyl groups excluding tert-OH is 1. The van der Waals surface area contributed by atoms with E-state index in [0.29, 0.717) is 25.7 Å². The second-order valence-corrected chi connectivity index (χ2v) is 20.9. The van der Waals surface area contributed by atoms with Crippen molar-refractivity contribution >= 4 is 25.7 Å². The number of unbranched alkanes of at least 4 members (excludes halogenated alkanes) is 23. The fraction of sp³-hybridized carbons (Fsp3) is 0.726. The predicted octanol–water partition coefficient (Wildman–Crippen LogP) is 17.5. The normalized spacial score (nSPS) is 14.0. The van der Waals surface area contributed by atoms with E-state index in [2.05, 4.69) is 93.7 Å². The summed E-state index contributed by atoms with van der Waals surface area (Å²) >= 11 is 0. The van der Waals surface area contributed by atoms with E-state index in [1.165, 1.54) is 89.9 Å². The van der Waals surface area contributed by atoms with Crippen LogP contribution in [-0.4, -0.2) is 66.5 Å². The molecule has 0 saturated heterocycles. The molecule has 2 N–H and O–H groups in total. The number of carbonyl (C=O) groups is 3. The molecule has 0 saturated carbocycles. The molecule has 426 valence electrons. The number of hydrogen-bond acceptors (Lipinski definition) is 10. The standard InChI is InChI=1S/C62H107O11P/c1-4-7-10-13-16-19-22-25-27-29-31-34-36-39-42-45-48-51-60(64)69-55-59(73-62(66)53-50-47-44-41-38-35-32-30-28-26-23-20-17-14-11-8-5-2)57-71-74(67,68)70-56-58(54-63)72-61(65)52-49-46-43-40-37-33-24-21-18-15-12-9-6-3/h8,11,17,20-21,24-28,32,35,41,44,58-59,63H,4-7,9-10,12-16,18-19,22-23,29-31,33-34,36-40,42-43,45-57H2,1-3H3,(H,67,68)/b11-8-,20-17-,24-21-,27-25-,28-26-,35-32-,44-41-. The van der Waals surface area contributed by atoms with Crippen LogP contribution in [0.5, 0.6) is 0 Å². The van der Waals surface area contributed by atoms with Gasteiger partial charge in [0.05, 0.1) is 19.8 Å². The summed E-state index contributed by atoms with van der Waals surface area (Å²) in [5.74, 6) is -1.55. The number of phosphoric acid groups is 1. The summed E-state index contributed by atoms with van der Waals surface area (Å²) < 4.78 is 39.5. The van der Waals surface area contributed by atoms with Gasteiger partial charge in [-0.15, -0.1) is 0 Å². The maximum Gasteiger partial charge on any atom is 0.472 e. The smallest absolute Gasteiger partial charge is 0.462 e. The largest absolute Gasteiger partial charge is 0.472 e. The molecule has 0 aliphatic carbocycles. The number of hydrogen-bond donors (Lipinski definition) is 2. The van der Waals surface area contributed by atoms with Gasteiger partial charge in [-0.25, -0.2) is 4.57 Å². The van der Waals surface area contributed by atoms with Gasteiger partial charge >= 0.3 is 25.7 Å². The summed E-state index contributed by atoms with van der Waals surface area (Å²) in [7, 11) is -4.77. The lowest BCUT2D eigenvalue weighted by atomic mass is 10.1. The quantitative estimate of drug-likeness (QED) is 0.0197. The Morgan fingerprint density at radius 3 is 1.16 bits per heavy atom. The first-order chi connectivity index (χ1) is 36.2. The van der Waals surface area contributed by atoms with Gasteiger partial charge in [0, 0.05) is 19.3 Å². The molecule has 3 atom stereocenters. The Kier molecular flexibility index (Phi) is 53.4. The molecule has 11 nitrogen and oxygen atoms in total. The molecule has 0 amide bonds. The van der Waals surface area contributed by atoms with E-state index in [0.717, 1.165) is 96.3 Å². The molecule has 0 aromatic rings. The van der Waals surface area contributed by atoms with E-state index in [1.807, 2.05) is 12.2 Å². The van der Waals surface area contributed by atoms with E-state index >= 15 is 0 Å². The molecule has 74 heavy (non-hydrogen) atoms. The summed E-state index contributed by atoms with van der Waals surface area (Å²) in [6.07, 6.45) is 64.0. The molecule has 0 spiro atoms. The molecule has 0 aromatic carbocycles. The number of rotatable bonds is 54. The van der Waals surface area contributed by atoms with Gasteiger partial charge in [-0.2, -0.15) is 0 Å². The minimum Gasteiger partial charge on any atom is -0.462 e. The molecule has 3 unspecified atom stereocenters. The fourth-order valence-corrected chi connectivity index (χ4v) is 8.58. The van der Waals surface area contributed by atoms with Crippen LogP contribution in [0.2, 0.25) is 0 Å². The van der Waals surface area contributed by atoms with Crippen molar-refractivity contribution in [2.24, 2.45) is 0 Å². The number of esters is 3. The topological polar surface area (TPSA) is 155 Å². The second kappa shape index (κ2) is 55.9. The zero-order chi connectivity index (χ0) is 54.1. The van der Waals surface area contributed by atoms with Crippen LogP contribution in [0.4, 0.5) is 0 Å². The van der Waals surface area contributed by atoms with Crippen LogP contribution in [0.3, 0.4) is 0 Å². The first-order valence-electron chi connectivity index (χ1n) is 29.5. The first-order valence-corrected chi connectivity index (χ1v) is 31.0. The van der Waals surface area contributed by atoms with Gasteiger partial charge < -0.3 is 24.2 Å². The van der Waals surface area contributed by atoms with E-state index in [1.54, 1.807) is 0 Å².